The van der Waals surface area contributed by atoms with Gasteiger partial charge in [-0.1, -0.05) is 0 Å². The molecule has 0 amide bonds. The third-order valence-electron chi connectivity index (χ3n) is 1.79. The van der Waals surface area contributed by atoms with Crippen molar-refractivity contribution in [2.45, 2.75) is 6.92 Å². The molecule has 0 N–H and O–H groups in total. The molecule has 0 spiro atoms. The molecule has 14 heavy (non-hydrogen) atoms. The predicted molar refractivity (Wildman–Crippen MR) is 61.1 cm³/mol. The van der Waals surface area contributed by atoms with E-state index in [1.165, 1.54) is 20.1 Å². The van der Waals surface area contributed by atoms with Crippen LogP contribution in [-0.2, 0) is 0 Å². The van der Waals surface area contributed by atoms with Crippen LogP contribution in [-0.4, -0.2) is 19.2 Å². The van der Waals surface area contributed by atoms with Crippen LogP contribution in [0.2, 0.25) is 0 Å². The van der Waals surface area contributed by atoms with E-state index in [1.807, 2.05) is 22.6 Å². The summed E-state index contributed by atoms with van der Waals surface area (Å²) in [5.41, 5.74) is 0.932. The highest BCUT2D eigenvalue weighted by atomic mass is 127. The first-order chi connectivity index (χ1) is 6.60. The number of methoxy groups -OCH3 is 1. The Bertz CT molecular complexity index is 385. The summed E-state index contributed by atoms with van der Waals surface area (Å²) in [6.45, 7) is 1.45. The molecule has 0 saturated heterocycles. The van der Waals surface area contributed by atoms with Gasteiger partial charge >= 0.3 is 0 Å². The fourth-order valence-corrected chi connectivity index (χ4v) is 2.02. The van der Waals surface area contributed by atoms with Crippen molar-refractivity contribution >= 4 is 34.7 Å². The fourth-order valence-electron chi connectivity index (χ4n) is 1.15. The van der Waals surface area contributed by atoms with Crippen molar-refractivity contribution in [3.8, 4) is 5.75 Å². The van der Waals surface area contributed by atoms with Gasteiger partial charge in [-0.2, -0.15) is 0 Å². The molecule has 4 heteroatoms. The molecular formula is C10H9IO3. The molecule has 1 rings (SSSR count). The highest BCUT2D eigenvalue weighted by Gasteiger charge is 2.12. The smallest absolute Gasteiger partial charge is 0.163 e. The molecule has 0 aliphatic carbocycles. The number of halogens is 1. The maximum absolute atomic E-state index is 11.2. The maximum Gasteiger partial charge on any atom is 0.163 e. The zero-order chi connectivity index (χ0) is 10.7. The molecule has 0 atom stereocenters. The van der Waals surface area contributed by atoms with Gasteiger partial charge in [0.05, 0.1) is 16.2 Å². The third-order valence-corrected chi connectivity index (χ3v) is 2.59. The molecule has 0 fully saturated rings. The molecule has 0 radical (unpaired) electrons. The lowest BCUT2D eigenvalue weighted by Gasteiger charge is -2.08. The van der Waals surface area contributed by atoms with Gasteiger partial charge in [0.25, 0.3) is 0 Å². The van der Waals surface area contributed by atoms with E-state index in [9.17, 15) is 9.59 Å². The second-order valence-corrected chi connectivity index (χ2v) is 3.92. The molecule has 74 valence electrons. The Hall–Kier alpha value is -0.910. The fraction of sp³-hybridized carbons (Fsp3) is 0.200. The Morgan fingerprint density at radius 3 is 2.57 bits per heavy atom. The Kier molecular flexibility index (Phi) is 3.62. The van der Waals surface area contributed by atoms with Crippen LogP contribution < -0.4 is 4.74 Å². The number of aldehydes is 1. The van der Waals surface area contributed by atoms with E-state index in [4.69, 9.17) is 4.74 Å². The summed E-state index contributed by atoms with van der Waals surface area (Å²) in [5, 5.41) is 0. The quantitative estimate of drug-likeness (QED) is 0.489. The molecule has 1 aromatic rings. The predicted octanol–water partition coefficient (Wildman–Crippen LogP) is 2.31. The van der Waals surface area contributed by atoms with E-state index in [2.05, 4.69) is 0 Å². The van der Waals surface area contributed by atoms with Crippen LogP contribution >= 0.6 is 22.6 Å². The Morgan fingerprint density at radius 1 is 1.50 bits per heavy atom. The SMILES string of the molecule is COc1c(I)cc(C=O)cc1C(C)=O. The summed E-state index contributed by atoms with van der Waals surface area (Å²) in [6.07, 6.45) is 0.716. The van der Waals surface area contributed by atoms with Crippen LogP contribution in [0.15, 0.2) is 12.1 Å². The average molecular weight is 304 g/mol. The van der Waals surface area contributed by atoms with Crippen LogP contribution in [0.3, 0.4) is 0 Å². The topological polar surface area (TPSA) is 43.4 Å². The molecule has 3 nitrogen and oxygen atoms in total. The number of hydrogen-bond acceptors (Lipinski definition) is 3. The number of ether oxygens (including phenoxy) is 1. The van der Waals surface area contributed by atoms with Crippen molar-refractivity contribution in [2.24, 2.45) is 0 Å². The van der Waals surface area contributed by atoms with Crippen LogP contribution in [0.4, 0.5) is 0 Å². The minimum absolute atomic E-state index is 0.108. The summed E-state index contributed by atoms with van der Waals surface area (Å²) in [7, 11) is 1.50. The standard InChI is InChI=1S/C10H9IO3/c1-6(13)8-3-7(5-12)4-9(11)10(8)14-2/h3-5H,1-2H3. The Labute approximate surface area is 95.6 Å². The van der Waals surface area contributed by atoms with Gasteiger partial charge in [0.15, 0.2) is 5.78 Å². The lowest BCUT2D eigenvalue weighted by Crippen LogP contribution is -2.01. The minimum atomic E-state index is -0.108. The second kappa shape index (κ2) is 4.54. The van der Waals surface area contributed by atoms with Gasteiger partial charge < -0.3 is 4.74 Å². The summed E-state index contributed by atoms with van der Waals surface area (Å²) in [4.78, 5) is 21.8. The first-order valence-electron chi connectivity index (χ1n) is 3.93. The van der Waals surface area contributed by atoms with E-state index in [1.54, 1.807) is 6.07 Å². The average Bonchev–Trinajstić information content (AvgIpc) is 2.16. The van der Waals surface area contributed by atoms with Crippen molar-refractivity contribution < 1.29 is 14.3 Å². The maximum atomic E-state index is 11.2. The molecule has 0 bridgehead atoms. The molecule has 0 aliphatic heterocycles. The Balaban J connectivity index is 3.42. The molecule has 0 unspecified atom stereocenters. The summed E-state index contributed by atoms with van der Waals surface area (Å²) in [6, 6.07) is 3.22. The molecule has 0 saturated carbocycles. The zero-order valence-electron chi connectivity index (χ0n) is 7.83. The molecule has 0 heterocycles. The van der Waals surface area contributed by atoms with E-state index in [0.29, 0.717) is 23.2 Å². The largest absolute Gasteiger partial charge is 0.495 e. The van der Waals surface area contributed by atoms with Crippen LogP contribution in [0.1, 0.15) is 27.6 Å². The minimum Gasteiger partial charge on any atom is -0.495 e. The highest BCUT2D eigenvalue weighted by molar-refractivity contribution is 14.1. The van der Waals surface area contributed by atoms with E-state index >= 15 is 0 Å². The van der Waals surface area contributed by atoms with Gasteiger partial charge in [0.1, 0.15) is 12.0 Å². The van der Waals surface area contributed by atoms with Gasteiger partial charge in [0.2, 0.25) is 0 Å². The third kappa shape index (κ3) is 2.12. The van der Waals surface area contributed by atoms with Crippen LogP contribution in [0, 0.1) is 3.57 Å². The van der Waals surface area contributed by atoms with Gasteiger partial charge in [-0.15, -0.1) is 0 Å². The number of hydrogen-bond donors (Lipinski definition) is 0. The normalized spacial score (nSPS) is 9.64. The highest BCUT2D eigenvalue weighted by Crippen LogP contribution is 2.27. The molecular weight excluding hydrogens is 295 g/mol. The zero-order valence-corrected chi connectivity index (χ0v) is 9.99. The molecule has 1 aromatic carbocycles. The monoisotopic (exact) mass is 304 g/mol. The number of carbonyl (C=O) groups excluding carboxylic acids is 2. The molecule has 0 aliphatic rings. The van der Waals surface area contributed by atoms with Gasteiger partial charge in [-0.3, -0.25) is 9.59 Å². The van der Waals surface area contributed by atoms with Crippen molar-refractivity contribution in [1.82, 2.24) is 0 Å². The van der Waals surface area contributed by atoms with E-state index in [-0.39, 0.29) is 5.78 Å². The van der Waals surface area contributed by atoms with Crippen molar-refractivity contribution in [3.63, 3.8) is 0 Å². The first kappa shape index (κ1) is 11.2. The summed E-state index contributed by atoms with van der Waals surface area (Å²) >= 11 is 2.03. The van der Waals surface area contributed by atoms with Crippen molar-refractivity contribution in [3.05, 3.63) is 26.8 Å². The number of benzene rings is 1. The number of rotatable bonds is 3. The lowest BCUT2D eigenvalue weighted by atomic mass is 10.1. The van der Waals surface area contributed by atoms with Crippen LogP contribution in [0.25, 0.3) is 0 Å². The summed E-state index contributed by atoms with van der Waals surface area (Å²) < 4.78 is 5.86. The first-order valence-corrected chi connectivity index (χ1v) is 5.01. The molecule has 0 aromatic heterocycles. The second-order valence-electron chi connectivity index (χ2n) is 2.76. The number of Topliss-reactive ketones (excluding diaryl/α,β-unsaturated/α-hetero) is 1. The number of ketones is 1. The van der Waals surface area contributed by atoms with Gasteiger partial charge in [-0.25, -0.2) is 0 Å². The van der Waals surface area contributed by atoms with Crippen molar-refractivity contribution in [1.29, 1.82) is 0 Å². The van der Waals surface area contributed by atoms with Crippen molar-refractivity contribution in [2.75, 3.05) is 7.11 Å². The summed E-state index contributed by atoms with van der Waals surface area (Å²) in [5.74, 6) is 0.423. The lowest BCUT2D eigenvalue weighted by molar-refractivity contribution is 0.101. The van der Waals surface area contributed by atoms with Gasteiger partial charge in [0, 0.05) is 5.56 Å². The van der Waals surface area contributed by atoms with Crippen LogP contribution in [0.5, 0.6) is 5.75 Å². The Morgan fingerprint density at radius 2 is 2.14 bits per heavy atom. The van der Waals surface area contributed by atoms with Gasteiger partial charge in [-0.05, 0) is 41.6 Å². The number of carbonyl (C=O) groups is 2. The van der Waals surface area contributed by atoms with E-state index < -0.39 is 0 Å². The van der Waals surface area contributed by atoms with E-state index in [0.717, 1.165) is 3.57 Å².